The van der Waals surface area contributed by atoms with Crippen LogP contribution in [0.2, 0.25) is 0 Å². The van der Waals surface area contributed by atoms with Crippen LogP contribution in [0.5, 0.6) is 11.5 Å². The average molecular weight is 311 g/mol. The summed E-state index contributed by atoms with van der Waals surface area (Å²) in [7, 11) is 1.73. The van der Waals surface area contributed by atoms with Crippen LogP contribution in [0.25, 0.3) is 0 Å². The minimum Gasteiger partial charge on any atom is -0.493 e. The third-order valence-corrected chi connectivity index (χ3v) is 4.47. The highest BCUT2D eigenvalue weighted by molar-refractivity contribution is 5.47. The first-order valence-corrected chi connectivity index (χ1v) is 8.40. The number of ether oxygens (including phenoxy) is 2. The van der Waals surface area contributed by atoms with Gasteiger partial charge in [0.25, 0.3) is 0 Å². The Kier molecular flexibility index (Phi) is 5.54. The van der Waals surface area contributed by atoms with E-state index < -0.39 is 0 Å². The van der Waals surface area contributed by atoms with Crippen LogP contribution < -0.4 is 14.8 Å². The van der Waals surface area contributed by atoms with Gasteiger partial charge in [-0.1, -0.05) is 42.5 Å². The molecule has 0 aliphatic carbocycles. The number of methoxy groups -OCH3 is 1. The van der Waals surface area contributed by atoms with E-state index >= 15 is 0 Å². The van der Waals surface area contributed by atoms with Gasteiger partial charge in [0.15, 0.2) is 11.5 Å². The van der Waals surface area contributed by atoms with E-state index in [0.29, 0.717) is 6.61 Å². The summed E-state index contributed by atoms with van der Waals surface area (Å²) in [5, 5.41) is 3.42. The van der Waals surface area contributed by atoms with Crippen LogP contribution in [0.15, 0.2) is 48.5 Å². The summed E-state index contributed by atoms with van der Waals surface area (Å²) in [4.78, 5) is 0. The molecule has 0 aromatic heterocycles. The second kappa shape index (κ2) is 8.02. The fraction of sp³-hybridized carbons (Fsp3) is 0.400. The Hall–Kier alpha value is -2.00. The topological polar surface area (TPSA) is 30.5 Å². The van der Waals surface area contributed by atoms with Crippen LogP contribution in [0.4, 0.5) is 0 Å². The molecule has 1 aliphatic rings. The van der Waals surface area contributed by atoms with Crippen molar-refractivity contribution in [3.63, 3.8) is 0 Å². The van der Waals surface area contributed by atoms with Gasteiger partial charge in [0, 0.05) is 0 Å². The molecule has 1 fully saturated rings. The Bertz CT molecular complexity index is 606. The maximum absolute atomic E-state index is 6.01. The Morgan fingerprint density at radius 3 is 2.52 bits per heavy atom. The zero-order valence-corrected chi connectivity index (χ0v) is 13.8. The molecule has 3 rings (SSSR count). The minimum atomic E-state index is 0.563. The normalized spacial score (nSPS) is 15.3. The van der Waals surface area contributed by atoms with Gasteiger partial charge in [0.2, 0.25) is 0 Å². The van der Waals surface area contributed by atoms with Gasteiger partial charge in [0.1, 0.15) is 6.61 Å². The Morgan fingerprint density at radius 2 is 1.78 bits per heavy atom. The Labute approximate surface area is 138 Å². The molecule has 2 aromatic carbocycles. The van der Waals surface area contributed by atoms with Crippen molar-refractivity contribution in [2.24, 2.45) is 5.92 Å². The summed E-state index contributed by atoms with van der Waals surface area (Å²) in [5.74, 6) is 2.46. The molecule has 1 saturated heterocycles. The van der Waals surface area contributed by atoms with Crippen LogP contribution in [0, 0.1) is 5.92 Å². The third-order valence-electron chi connectivity index (χ3n) is 4.47. The maximum Gasteiger partial charge on any atom is 0.163 e. The van der Waals surface area contributed by atoms with E-state index in [2.05, 4.69) is 29.6 Å². The first-order valence-electron chi connectivity index (χ1n) is 8.40. The molecule has 23 heavy (non-hydrogen) atoms. The molecule has 0 atom stereocenters. The van der Waals surface area contributed by atoms with Crippen LogP contribution in [0.1, 0.15) is 24.0 Å². The summed E-state index contributed by atoms with van der Waals surface area (Å²) >= 11 is 0. The lowest BCUT2D eigenvalue weighted by Crippen LogP contribution is -2.28. The monoisotopic (exact) mass is 311 g/mol. The maximum atomic E-state index is 6.01. The van der Waals surface area contributed by atoms with Crippen molar-refractivity contribution < 1.29 is 9.47 Å². The highest BCUT2D eigenvalue weighted by Crippen LogP contribution is 2.34. The van der Waals surface area contributed by atoms with E-state index in [1.807, 2.05) is 24.3 Å². The predicted molar refractivity (Wildman–Crippen MR) is 93.1 cm³/mol. The van der Waals surface area contributed by atoms with Crippen LogP contribution in [-0.4, -0.2) is 20.2 Å². The number of hydrogen-bond donors (Lipinski definition) is 1. The average Bonchev–Trinajstić information content (AvgIpc) is 2.62. The molecule has 0 radical (unpaired) electrons. The lowest BCUT2D eigenvalue weighted by Gasteiger charge is -2.24. The molecule has 0 saturated carbocycles. The lowest BCUT2D eigenvalue weighted by molar-refractivity contribution is 0.281. The molecule has 3 heteroatoms. The molecule has 1 heterocycles. The number of rotatable bonds is 6. The molecular formula is C20H25NO2. The van der Waals surface area contributed by atoms with Crippen molar-refractivity contribution in [2.75, 3.05) is 20.2 Å². The van der Waals surface area contributed by atoms with Gasteiger partial charge >= 0.3 is 0 Å². The van der Waals surface area contributed by atoms with Gasteiger partial charge in [-0.25, -0.2) is 0 Å². The second-order valence-corrected chi connectivity index (χ2v) is 6.12. The second-order valence-electron chi connectivity index (χ2n) is 6.12. The summed E-state index contributed by atoms with van der Waals surface area (Å²) in [6, 6.07) is 16.5. The quantitative estimate of drug-likeness (QED) is 0.880. The van der Waals surface area contributed by atoms with Gasteiger partial charge in [0.05, 0.1) is 7.11 Å². The van der Waals surface area contributed by atoms with Crippen molar-refractivity contribution in [3.05, 3.63) is 59.7 Å². The zero-order chi connectivity index (χ0) is 15.9. The van der Waals surface area contributed by atoms with Gasteiger partial charge in [-0.3, -0.25) is 0 Å². The van der Waals surface area contributed by atoms with E-state index in [1.165, 1.54) is 24.0 Å². The standard InChI is InChI=1S/C20H25NO2/c1-22-20-18(14-16-10-12-21-13-11-16)8-5-9-19(20)23-15-17-6-3-2-4-7-17/h2-9,16,21H,10-15H2,1H3. The van der Waals surface area contributed by atoms with Crippen LogP contribution in [-0.2, 0) is 13.0 Å². The van der Waals surface area contributed by atoms with E-state index in [0.717, 1.165) is 36.9 Å². The van der Waals surface area contributed by atoms with Gasteiger partial charge in [-0.15, -0.1) is 0 Å². The smallest absolute Gasteiger partial charge is 0.163 e. The number of benzene rings is 2. The fourth-order valence-electron chi connectivity index (χ4n) is 3.20. The number of hydrogen-bond acceptors (Lipinski definition) is 3. The number of piperidine rings is 1. The molecule has 122 valence electrons. The van der Waals surface area contributed by atoms with Crippen LogP contribution in [0.3, 0.4) is 0 Å². The fourth-order valence-corrected chi connectivity index (χ4v) is 3.20. The Morgan fingerprint density at radius 1 is 1.00 bits per heavy atom. The molecule has 3 nitrogen and oxygen atoms in total. The predicted octanol–water partition coefficient (Wildman–Crippen LogP) is 3.82. The van der Waals surface area contributed by atoms with Gasteiger partial charge < -0.3 is 14.8 Å². The van der Waals surface area contributed by atoms with E-state index in [-0.39, 0.29) is 0 Å². The number of para-hydroxylation sites is 1. The van der Waals surface area contributed by atoms with E-state index in [1.54, 1.807) is 7.11 Å². The van der Waals surface area contributed by atoms with E-state index in [9.17, 15) is 0 Å². The molecular weight excluding hydrogens is 286 g/mol. The van der Waals surface area contributed by atoms with Crippen molar-refractivity contribution in [3.8, 4) is 11.5 Å². The van der Waals surface area contributed by atoms with Crippen molar-refractivity contribution >= 4 is 0 Å². The molecule has 0 spiro atoms. The first-order chi connectivity index (χ1) is 11.4. The van der Waals surface area contributed by atoms with E-state index in [4.69, 9.17) is 9.47 Å². The largest absolute Gasteiger partial charge is 0.493 e. The first kappa shape index (κ1) is 15.9. The zero-order valence-electron chi connectivity index (χ0n) is 13.8. The molecule has 1 aliphatic heterocycles. The SMILES string of the molecule is COc1c(CC2CCNCC2)cccc1OCc1ccccc1. The van der Waals surface area contributed by atoms with Crippen LogP contribution >= 0.6 is 0 Å². The van der Waals surface area contributed by atoms with Crippen molar-refractivity contribution in [2.45, 2.75) is 25.9 Å². The molecule has 0 unspecified atom stereocenters. The summed E-state index contributed by atoms with van der Waals surface area (Å²) in [6.07, 6.45) is 3.53. The minimum absolute atomic E-state index is 0.563. The van der Waals surface area contributed by atoms with Gasteiger partial charge in [-0.05, 0) is 55.5 Å². The summed E-state index contributed by atoms with van der Waals surface area (Å²) < 4.78 is 11.7. The van der Waals surface area contributed by atoms with Crippen molar-refractivity contribution in [1.29, 1.82) is 0 Å². The molecule has 0 bridgehead atoms. The third kappa shape index (κ3) is 4.26. The lowest BCUT2D eigenvalue weighted by atomic mass is 9.90. The highest BCUT2D eigenvalue weighted by atomic mass is 16.5. The van der Waals surface area contributed by atoms with Crippen molar-refractivity contribution in [1.82, 2.24) is 5.32 Å². The molecule has 1 N–H and O–H groups in total. The van der Waals surface area contributed by atoms with Gasteiger partial charge in [-0.2, -0.15) is 0 Å². The molecule has 0 amide bonds. The summed E-state index contributed by atoms with van der Waals surface area (Å²) in [6.45, 7) is 2.81. The molecule has 2 aromatic rings. The summed E-state index contributed by atoms with van der Waals surface area (Å²) in [5.41, 5.74) is 2.42. The highest BCUT2D eigenvalue weighted by Gasteiger charge is 2.17. The number of nitrogens with one attached hydrogen (secondary N) is 1. The Balaban J connectivity index is 1.71.